The van der Waals surface area contributed by atoms with Gasteiger partial charge in [0.25, 0.3) is 5.56 Å². The predicted molar refractivity (Wildman–Crippen MR) is 84.6 cm³/mol. The van der Waals surface area contributed by atoms with Crippen molar-refractivity contribution >= 4 is 11.7 Å². The topological polar surface area (TPSA) is 89.8 Å². The summed E-state index contributed by atoms with van der Waals surface area (Å²) in [6, 6.07) is 12.4. The minimum Gasteiger partial charge on any atom is -0.309 e. The van der Waals surface area contributed by atoms with Gasteiger partial charge in [0.1, 0.15) is 18.7 Å². The zero-order chi connectivity index (χ0) is 16.1. The highest BCUT2D eigenvalue weighted by Crippen LogP contribution is 2.13. The van der Waals surface area contributed by atoms with Gasteiger partial charge < -0.3 is 5.32 Å². The number of carbonyl (C=O) groups is 1. The van der Waals surface area contributed by atoms with Crippen LogP contribution >= 0.6 is 0 Å². The maximum absolute atomic E-state index is 12.1. The van der Waals surface area contributed by atoms with Crippen molar-refractivity contribution in [1.82, 2.24) is 19.5 Å². The van der Waals surface area contributed by atoms with Crippen LogP contribution in [0.3, 0.4) is 0 Å². The van der Waals surface area contributed by atoms with E-state index in [2.05, 4.69) is 20.3 Å². The van der Waals surface area contributed by atoms with Crippen molar-refractivity contribution in [3.63, 3.8) is 0 Å². The number of aromatic nitrogens is 4. The molecular weight excluding hydrogens is 294 g/mol. The average molecular weight is 307 g/mol. The van der Waals surface area contributed by atoms with Gasteiger partial charge in [0.2, 0.25) is 5.91 Å². The van der Waals surface area contributed by atoms with E-state index in [0.29, 0.717) is 11.5 Å². The van der Waals surface area contributed by atoms with Crippen molar-refractivity contribution in [2.45, 2.75) is 6.54 Å². The van der Waals surface area contributed by atoms with E-state index in [0.717, 1.165) is 5.56 Å². The first-order chi connectivity index (χ1) is 11.2. The number of nitrogens with one attached hydrogen (secondary N) is 1. The van der Waals surface area contributed by atoms with E-state index in [9.17, 15) is 9.59 Å². The molecule has 0 unspecified atom stereocenters. The molecule has 0 atom stereocenters. The second kappa shape index (κ2) is 6.61. The molecule has 0 saturated carbocycles. The van der Waals surface area contributed by atoms with Gasteiger partial charge in [-0.3, -0.25) is 14.2 Å². The van der Waals surface area contributed by atoms with Crippen LogP contribution in [0.4, 0.5) is 5.82 Å². The highest BCUT2D eigenvalue weighted by Gasteiger charge is 2.07. The molecule has 0 aliphatic heterocycles. The Bertz CT molecular complexity index is 862. The van der Waals surface area contributed by atoms with Crippen molar-refractivity contribution in [3.8, 4) is 11.3 Å². The highest BCUT2D eigenvalue weighted by atomic mass is 16.2. The number of hydrogen-bond acceptors (Lipinski definition) is 5. The number of rotatable bonds is 4. The minimum atomic E-state index is -0.361. The van der Waals surface area contributed by atoms with Gasteiger partial charge in [-0.25, -0.2) is 15.0 Å². The highest BCUT2D eigenvalue weighted by molar-refractivity contribution is 5.89. The molecular formula is C16H13N5O2. The molecule has 1 N–H and O–H groups in total. The number of carbonyl (C=O) groups excluding carboxylic acids is 1. The number of anilines is 1. The Hall–Kier alpha value is -3.35. The van der Waals surface area contributed by atoms with Gasteiger partial charge >= 0.3 is 0 Å². The normalized spacial score (nSPS) is 10.3. The fraction of sp³-hybridized carbons (Fsp3) is 0.0625. The lowest BCUT2D eigenvalue weighted by molar-refractivity contribution is -0.116. The number of benzene rings is 1. The molecule has 0 saturated heterocycles. The lowest BCUT2D eigenvalue weighted by atomic mass is 10.1. The quantitative estimate of drug-likeness (QED) is 0.785. The maximum Gasteiger partial charge on any atom is 0.254 e. The summed E-state index contributed by atoms with van der Waals surface area (Å²) in [5.74, 6) is 0.0203. The first-order valence-corrected chi connectivity index (χ1v) is 6.90. The molecule has 2 aromatic heterocycles. The summed E-state index contributed by atoms with van der Waals surface area (Å²) in [5, 5.41) is 2.59. The Morgan fingerprint density at radius 2 is 1.96 bits per heavy atom. The molecule has 23 heavy (non-hydrogen) atoms. The van der Waals surface area contributed by atoms with E-state index in [1.165, 1.54) is 29.5 Å². The van der Waals surface area contributed by atoms with E-state index in [4.69, 9.17) is 0 Å². The lowest BCUT2D eigenvalue weighted by Crippen LogP contribution is -2.27. The molecule has 7 nitrogen and oxygen atoms in total. The van der Waals surface area contributed by atoms with Crippen molar-refractivity contribution in [1.29, 1.82) is 0 Å². The molecule has 114 valence electrons. The molecule has 3 rings (SSSR count). The van der Waals surface area contributed by atoms with Crippen LogP contribution in [-0.4, -0.2) is 25.4 Å². The van der Waals surface area contributed by atoms with Crippen LogP contribution in [0.25, 0.3) is 11.3 Å². The van der Waals surface area contributed by atoms with Gasteiger partial charge in [0, 0.05) is 17.8 Å². The second-order valence-electron chi connectivity index (χ2n) is 4.75. The Kier molecular flexibility index (Phi) is 4.19. The summed E-state index contributed by atoms with van der Waals surface area (Å²) in [7, 11) is 0. The van der Waals surface area contributed by atoms with Crippen LogP contribution in [0.15, 0.2) is 66.1 Å². The third-order valence-electron chi connectivity index (χ3n) is 3.11. The Morgan fingerprint density at radius 3 is 2.65 bits per heavy atom. The number of nitrogens with zero attached hydrogens (tertiary/aromatic N) is 4. The van der Waals surface area contributed by atoms with Gasteiger partial charge in [0.05, 0.1) is 12.0 Å². The van der Waals surface area contributed by atoms with Crippen LogP contribution in [0, 0.1) is 0 Å². The molecule has 0 aliphatic rings. The zero-order valence-corrected chi connectivity index (χ0v) is 12.1. The fourth-order valence-corrected chi connectivity index (χ4v) is 2.01. The van der Waals surface area contributed by atoms with Crippen molar-refractivity contribution in [3.05, 3.63) is 71.7 Å². The van der Waals surface area contributed by atoms with E-state index < -0.39 is 0 Å². The zero-order valence-electron chi connectivity index (χ0n) is 12.1. The lowest BCUT2D eigenvalue weighted by Gasteiger charge is -2.07. The summed E-state index contributed by atoms with van der Waals surface area (Å²) in [6.45, 7) is -0.134. The Morgan fingerprint density at radius 1 is 1.13 bits per heavy atom. The van der Waals surface area contributed by atoms with Crippen LogP contribution in [-0.2, 0) is 11.3 Å². The van der Waals surface area contributed by atoms with Gasteiger partial charge in [-0.2, -0.15) is 0 Å². The average Bonchev–Trinajstić information content (AvgIpc) is 2.58. The van der Waals surface area contributed by atoms with Crippen molar-refractivity contribution in [2.24, 2.45) is 0 Å². The van der Waals surface area contributed by atoms with Crippen LogP contribution in [0.5, 0.6) is 0 Å². The van der Waals surface area contributed by atoms with E-state index >= 15 is 0 Å². The summed E-state index contributed by atoms with van der Waals surface area (Å²) in [4.78, 5) is 35.9. The van der Waals surface area contributed by atoms with Gasteiger partial charge in [-0.15, -0.1) is 0 Å². The summed E-state index contributed by atoms with van der Waals surface area (Å²) in [5.41, 5.74) is 1.13. The molecule has 0 aliphatic carbocycles. The van der Waals surface area contributed by atoms with Gasteiger partial charge in [-0.05, 0) is 6.07 Å². The van der Waals surface area contributed by atoms with Crippen LogP contribution in [0.2, 0.25) is 0 Å². The SMILES string of the molecule is O=C(Cn1cnc(-c2ccccc2)cc1=O)Nc1ccncn1. The smallest absolute Gasteiger partial charge is 0.254 e. The number of hydrogen-bond donors (Lipinski definition) is 1. The second-order valence-corrected chi connectivity index (χ2v) is 4.75. The van der Waals surface area contributed by atoms with Crippen molar-refractivity contribution < 1.29 is 4.79 Å². The maximum atomic E-state index is 12.1. The first kappa shape index (κ1) is 14.6. The standard InChI is InChI=1S/C16H13N5O2/c22-15(20-14-6-7-17-10-18-14)9-21-11-19-13(8-16(21)23)12-4-2-1-3-5-12/h1-8,10-11H,9H2,(H,17,18,20,22). The van der Waals surface area contributed by atoms with Crippen LogP contribution in [0.1, 0.15) is 0 Å². The Balaban J connectivity index is 1.74. The Labute approximate surface area is 131 Å². The molecule has 1 aromatic carbocycles. The molecule has 2 heterocycles. The molecule has 0 bridgehead atoms. The van der Waals surface area contributed by atoms with Gasteiger partial charge in [-0.1, -0.05) is 30.3 Å². The van der Waals surface area contributed by atoms with Crippen LogP contribution < -0.4 is 10.9 Å². The summed E-state index contributed by atoms with van der Waals surface area (Å²) in [6.07, 6.45) is 4.22. The molecule has 7 heteroatoms. The largest absolute Gasteiger partial charge is 0.309 e. The van der Waals surface area contributed by atoms with Crippen molar-refractivity contribution in [2.75, 3.05) is 5.32 Å². The van der Waals surface area contributed by atoms with E-state index in [1.54, 1.807) is 6.07 Å². The minimum absolute atomic E-state index is 0.134. The third-order valence-corrected chi connectivity index (χ3v) is 3.11. The molecule has 3 aromatic rings. The monoisotopic (exact) mass is 307 g/mol. The predicted octanol–water partition coefficient (Wildman–Crippen LogP) is 1.34. The number of amides is 1. The molecule has 0 radical (unpaired) electrons. The fourth-order valence-electron chi connectivity index (χ4n) is 2.01. The van der Waals surface area contributed by atoms with Gasteiger partial charge in [0.15, 0.2) is 0 Å². The molecule has 0 spiro atoms. The van der Waals surface area contributed by atoms with E-state index in [1.807, 2.05) is 30.3 Å². The first-order valence-electron chi connectivity index (χ1n) is 6.90. The molecule has 1 amide bonds. The van der Waals surface area contributed by atoms with E-state index in [-0.39, 0.29) is 18.0 Å². The molecule has 0 fully saturated rings. The summed E-state index contributed by atoms with van der Waals surface area (Å²) >= 11 is 0. The third kappa shape index (κ3) is 3.65. The summed E-state index contributed by atoms with van der Waals surface area (Å²) < 4.78 is 1.24.